The molecule has 4 nitrogen and oxygen atoms in total. The lowest BCUT2D eigenvalue weighted by molar-refractivity contribution is -0.117. The van der Waals surface area contributed by atoms with Crippen molar-refractivity contribution in [1.82, 2.24) is 0 Å². The van der Waals surface area contributed by atoms with Crippen molar-refractivity contribution in [2.24, 2.45) is 0 Å². The Hall–Kier alpha value is -2.75. The van der Waals surface area contributed by atoms with E-state index < -0.39 is 0 Å². The van der Waals surface area contributed by atoms with Crippen LogP contribution >= 0.6 is 0 Å². The third kappa shape index (κ3) is 3.92. The Balaban J connectivity index is 1.66. The highest BCUT2D eigenvalue weighted by atomic mass is 16.5. The number of hydrogen-bond acceptors (Lipinski definition) is 4. The van der Waals surface area contributed by atoms with Crippen LogP contribution < -0.4 is 0 Å². The summed E-state index contributed by atoms with van der Waals surface area (Å²) in [6.07, 6.45) is 3.24. The van der Waals surface area contributed by atoms with E-state index in [9.17, 15) is 15.0 Å². The zero-order chi connectivity index (χ0) is 16.2. The summed E-state index contributed by atoms with van der Waals surface area (Å²) in [7, 11) is 0. The van der Waals surface area contributed by atoms with Gasteiger partial charge in [-0.2, -0.15) is 0 Å². The van der Waals surface area contributed by atoms with Gasteiger partial charge in [0.05, 0.1) is 0 Å². The molecule has 0 aliphatic carbocycles. The zero-order valence-corrected chi connectivity index (χ0v) is 12.6. The molecule has 1 atom stereocenters. The molecule has 3 rings (SSSR count). The molecule has 2 aromatic carbocycles. The van der Waals surface area contributed by atoms with Gasteiger partial charge in [0.15, 0.2) is 5.78 Å². The fourth-order valence-corrected chi connectivity index (χ4v) is 2.61. The molecule has 1 aliphatic rings. The lowest BCUT2D eigenvalue weighted by atomic mass is 10.00. The average Bonchev–Trinajstić information content (AvgIpc) is 2.54. The molecule has 0 spiro atoms. The number of phenolic OH excluding ortho intramolecular Hbond substituents is 2. The van der Waals surface area contributed by atoms with Crippen LogP contribution in [-0.4, -0.2) is 22.1 Å². The quantitative estimate of drug-likeness (QED) is 0.908. The summed E-state index contributed by atoms with van der Waals surface area (Å²) in [4.78, 5) is 11.9. The van der Waals surface area contributed by atoms with E-state index in [0.717, 1.165) is 24.0 Å². The SMILES string of the molecule is O=C1C=C(c2ccc(O)cc2)O[C@H](CCc2ccc(O)cc2)C1. The molecule has 0 amide bonds. The molecule has 0 radical (unpaired) electrons. The van der Waals surface area contributed by atoms with Gasteiger partial charge in [-0.25, -0.2) is 0 Å². The molecule has 1 heterocycles. The number of hydrogen-bond donors (Lipinski definition) is 2. The number of benzene rings is 2. The summed E-state index contributed by atoms with van der Waals surface area (Å²) >= 11 is 0. The van der Waals surface area contributed by atoms with E-state index in [2.05, 4.69) is 0 Å². The van der Waals surface area contributed by atoms with E-state index in [0.29, 0.717) is 12.2 Å². The topological polar surface area (TPSA) is 66.8 Å². The molecule has 4 heteroatoms. The number of allylic oxidation sites excluding steroid dienone is 1. The monoisotopic (exact) mass is 310 g/mol. The second-order valence-corrected chi connectivity index (χ2v) is 5.67. The predicted octanol–water partition coefficient (Wildman–Crippen LogP) is 3.43. The summed E-state index contributed by atoms with van der Waals surface area (Å²) in [5.74, 6) is 1.03. The third-order valence-electron chi connectivity index (χ3n) is 3.86. The van der Waals surface area contributed by atoms with Crippen molar-refractivity contribution in [1.29, 1.82) is 0 Å². The minimum absolute atomic E-state index is 0.0510. The molecule has 2 aromatic rings. The van der Waals surface area contributed by atoms with Gasteiger partial charge in [0.1, 0.15) is 23.4 Å². The van der Waals surface area contributed by atoms with Crippen LogP contribution in [0.15, 0.2) is 54.6 Å². The molecule has 0 bridgehead atoms. The number of phenols is 2. The molecular formula is C19H18O4. The first-order valence-corrected chi connectivity index (χ1v) is 7.58. The lowest BCUT2D eigenvalue weighted by Crippen LogP contribution is -2.22. The molecule has 1 aliphatic heterocycles. The van der Waals surface area contributed by atoms with Crippen LogP contribution in [0.4, 0.5) is 0 Å². The number of rotatable bonds is 4. The molecule has 0 saturated carbocycles. The van der Waals surface area contributed by atoms with Gasteiger partial charge < -0.3 is 14.9 Å². The van der Waals surface area contributed by atoms with Crippen molar-refractivity contribution in [3.63, 3.8) is 0 Å². The van der Waals surface area contributed by atoms with Crippen molar-refractivity contribution < 1.29 is 19.7 Å². The largest absolute Gasteiger partial charge is 0.508 e. The van der Waals surface area contributed by atoms with Crippen LogP contribution in [-0.2, 0) is 16.0 Å². The maximum absolute atomic E-state index is 11.9. The van der Waals surface area contributed by atoms with Gasteiger partial charge >= 0.3 is 0 Å². The Bertz CT molecular complexity index is 714. The molecular weight excluding hydrogens is 292 g/mol. The smallest absolute Gasteiger partial charge is 0.163 e. The Morgan fingerprint density at radius 1 is 0.957 bits per heavy atom. The van der Waals surface area contributed by atoms with E-state index in [-0.39, 0.29) is 23.4 Å². The molecule has 118 valence electrons. The number of ketones is 1. The minimum atomic E-state index is -0.162. The summed E-state index contributed by atoms with van der Waals surface area (Å²) in [6, 6.07) is 13.7. The fraction of sp³-hybridized carbons (Fsp3) is 0.211. The number of carbonyl (C=O) groups excluding carboxylic acids is 1. The van der Waals surface area contributed by atoms with Gasteiger partial charge in [-0.3, -0.25) is 4.79 Å². The first-order valence-electron chi connectivity index (χ1n) is 7.58. The maximum Gasteiger partial charge on any atom is 0.163 e. The summed E-state index contributed by atoms with van der Waals surface area (Å²) in [6.45, 7) is 0. The number of ether oxygens (including phenoxy) is 1. The average molecular weight is 310 g/mol. The van der Waals surface area contributed by atoms with E-state index in [1.807, 2.05) is 12.1 Å². The van der Waals surface area contributed by atoms with Crippen LogP contribution in [0.3, 0.4) is 0 Å². The second-order valence-electron chi connectivity index (χ2n) is 5.67. The van der Waals surface area contributed by atoms with Crippen LogP contribution in [0.2, 0.25) is 0 Å². The van der Waals surface area contributed by atoms with E-state index in [4.69, 9.17) is 4.74 Å². The normalized spacial score (nSPS) is 17.5. The van der Waals surface area contributed by atoms with Crippen molar-refractivity contribution in [3.8, 4) is 11.5 Å². The molecule has 2 N–H and O–H groups in total. The summed E-state index contributed by atoms with van der Waals surface area (Å²) in [5, 5.41) is 18.6. The second kappa shape index (κ2) is 6.57. The van der Waals surface area contributed by atoms with Crippen LogP contribution in [0.1, 0.15) is 24.0 Å². The number of aryl methyl sites for hydroxylation is 1. The van der Waals surface area contributed by atoms with Gasteiger partial charge in [0.25, 0.3) is 0 Å². The van der Waals surface area contributed by atoms with Gasteiger partial charge in [0.2, 0.25) is 0 Å². The van der Waals surface area contributed by atoms with Gasteiger partial charge in [-0.15, -0.1) is 0 Å². The van der Waals surface area contributed by atoms with Crippen molar-refractivity contribution >= 4 is 11.5 Å². The van der Waals surface area contributed by atoms with Crippen LogP contribution in [0.25, 0.3) is 5.76 Å². The predicted molar refractivity (Wildman–Crippen MR) is 87.0 cm³/mol. The van der Waals surface area contributed by atoms with Gasteiger partial charge in [-0.05, 0) is 54.8 Å². The summed E-state index contributed by atoms with van der Waals surface area (Å²) < 4.78 is 5.94. The lowest BCUT2D eigenvalue weighted by Gasteiger charge is -2.24. The highest BCUT2D eigenvalue weighted by Crippen LogP contribution is 2.27. The Morgan fingerprint density at radius 3 is 2.22 bits per heavy atom. The van der Waals surface area contributed by atoms with Crippen molar-refractivity contribution in [3.05, 3.63) is 65.7 Å². The summed E-state index contributed by atoms with van der Waals surface area (Å²) in [5.41, 5.74) is 1.88. The van der Waals surface area contributed by atoms with E-state index in [1.54, 1.807) is 36.4 Å². The van der Waals surface area contributed by atoms with Crippen LogP contribution in [0.5, 0.6) is 11.5 Å². The first kappa shape index (κ1) is 15.2. The first-order chi connectivity index (χ1) is 11.1. The maximum atomic E-state index is 11.9. The van der Waals surface area contributed by atoms with Crippen LogP contribution in [0, 0.1) is 0 Å². The highest BCUT2D eigenvalue weighted by Gasteiger charge is 2.22. The zero-order valence-electron chi connectivity index (χ0n) is 12.6. The molecule has 23 heavy (non-hydrogen) atoms. The molecule has 0 unspecified atom stereocenters. The highest BCUT2D eigenvalue weighted by molar-refractivity contribution is 5.97. The number of carbonyl (C=O) groups is 1. The molecule has 0 fully saturated rings. The minimum Gasteiger partial charge on any atom is -0.508 e. The third-order valence-corrected chi connectivity index (χ3v) is 3.86. The molecule has 0 aromatic heterocycles. The van der Waals surface area contributed by atoms with Gasteiger partial charge in [-0.1, -0.05) is 12.1 Å². The Morgan fingerprint density at radius 2 is 1.57 bits per heavy atom. The van der Waals surface area contributed by atoms with Gasteiger partial charge in [0, 0.05) is 18.1 Å². The van der Waals surface area contributed by atoms with E-state index >= 15 is 0 Å². The number of aromatic hydroxyl groups is 2. The van der Waals surface area contributed by atoms with Crippen molar-refractivity contribution in [2.45, 2.75) is 25.4 Å². The van der Waals surface area contributed by atoms with Crippen molar-refractivity contribution in [2.75, 3.05) is 0 Å². The van der Waals surface area contributed by atoms with E-state index in [1.165, 1.54) is 6.08 Å². The standard InChI is InChI=1S/C19H18O4/c20-15-6-1-13(2-7-15)3-10-18-11-17(22)12-19(23-18)14-4-8-16(21)9-5-14/h1-2,4-9,12,18,20-21H,3,10-11H2/t18-/m1/s1. The Labute approximate surface area is 134 Å². The fourth-order valence-electron chi connectivity index (χ4n) is 2.61. The molecule has 0 saturated heterocycles. The Kier molecular flexibility index (Phi) is 4.33.